The standard InChI is InChI=1S/C20H20Cl2N2O4S/c1-5-28-20(27)16-11(2)17(19(26)24(3)4)29-18(16)23-15(25)9-7-12-6-8-13(21)14(22)10-12/h6-10H,5H2,1-4H3,(H,23,25)/b9-7-. The molecule has 1 N–H and O–H groups in total. The molecule has 29 heavy (non-hydrogen) atoms. The largest absolute Gasteiger partial charge is 0.462 e. The lowest BCUT2D eigenvalue weighted by Crippen LogP contribution is -2.21. The van der Waals surface area contributed by atoms with E-state index in [9.17, 15) is 14.4 Å². The van der Waals surface area contributed by atoms with Crippen molar-refractivity contribution in [2.45, 2.75) is 13.8 Å². The van der Waals surface area contributed by atoms with Crippen molar-refractivity contribution >= 4 is 63.4 Å². The Bertz CT molecular complexity index is 983. The normalized spacial score (nSPS) is 10.8. The molecule has 0 aliphatic heterocycles. The maximum absolute atomic E-state index is 12.4. The van der Waals surface area contributed by atoms with Crippen LogP contribution in [0.5, 0.6) is 0 Å². The minimum Gasteiger partial charge on any atom is -0.462 e. The van der Waals surface area contributed by atoms with E-state index < -0.39 is 11.9 Å². The highest BCUT2D eigenvalue weighted by Crippen LogP contribution is 2.34. The van der Waals surface area contributed by atoms with E-state index in [0.29, 0.717) is 26.0 Å². The maximum Gasteiger partial charge on any atom is 0.341 e. The van der Waals surface area contributed by atoms with Crippen LogP contribution in [0.15, 0.2) is 24.3 Å². The average Bonchev–Trinajstić information content (AvgIpc) is 2.98. The number of nitrogens with zero attached hydrogens (tertiary/aromatic N) is 1. The number of anilines is 1. The molecule has 2 rings (SSSR count). The molecular weight excluding hydrogens is 435 g/mol. The van der Waals surface area contributed by atoms with Gasteiger partial charge in [-0.2, -0.15) is 0 Å². The van der Waals surface area contributed by atoms with Crippen LogP contribution in [0.4, 0.5) is 5.00 Å². The van der Waals surface area contributed by atoms with E-state index in [1.54, 1.807) is 52.2 Å². The first-order valence-corrected chi connectivity index (χ1v) is 10.2. The Morgan fingerprint density at radius 3 is 2.48 bits per heavy atom. The van der Waals surface area contributed by atoms with Crippen LogP contribution < -0.4 is 5.32 Å². The van der Waals surface area contributed by atoms with Crippen molar-refractivity contribution in [3.8, 4) is 0 Å². The van der Waals surface area contributed by atoms with Gasteiger partial charge in [0.25, 0.3) is 5.91 Å². The lowest BCUT2D eigenvalue weighted by atomic mass is 10.1. The second kappa shape index (κ2) is 9.91. The Hall–Kier alpha value is -2.35. The number of hydrogen-bond acceptors (Lipinski definition) is 5. The molecule has 154 valence electrons. The van der Waals surface area contributed by atoms with Gasteiger partial charge in [-0.1, -0.05) is 29.3 Å². The minimum atomic E-state index is -0.595. The van der Waals surface area contributed by atoms with Gasteiger partial charge in [-0.25, -0.2) is 4.79 Å². The molecule has 1 aromatic carbocycles. The Kier molecular flexibility index (Phi) is 7.84. The SMILES string of the molecule is CCOC(=O)c1c(NC(=O)/C=C\c2ccc(Cl)c(Cl)c2)sc(C(=O)N(C)C)c1C. The Morgan fingerprint density at radius 2 is 1.90 bits per heavy atom. The van der Waals surface area contributed by atoms with Crippen LogP contribution in [0.3, 0.4) is 0 Å². The van der Waals surface area contributed by atoms with E-state index in [1.807, 2.05) is 0 Å². The summed E-state index contributed by atoms with van der Waals surface area (Å²) in [7, 11) is 3.23. The van der Waals surface area contributed by atoms with Gasteiger partial charge in [-0.05, 0) is 43.2 Å². The van der Waals surface area contributed by atoms with Crippen LogP contribution >= 0.6 is 34.5 Å². The van der Waals surface area contributed by atoms with E-state index in [-0.39, 0.29) is 23.1 Å². The summed E-state index contributed by atoms with van der Waals surface area (Å²) in [6.45, 7) is 3.51. The van der Waals surface area contributed by atoms with Gasteiger partial charge in [-0.15, -0.1) is 11.3 Å². The Labute approximate surface area is 183 Å². The summed E-state index contributed by atoms with van der Waals surface area (Å²) in [4.78, 5) is 39.0. The third-order valence-corrected chi connectivity index (χ3v) is 5.77. The van der Waals surface area contributed by atoms with Crippen LogP contribution in [-0.2, 0) is 9.53 Å². The van der Waals surface area contributed by atoms with Crippen molar-refractivity contribution < 1.29 is 19.1 Å². The predicted molar refractivity (Wildman–Crippen MR) is 117 cm³/mol. The molecule has 0 bridgehead atoms. The van der Waals surface area contributed by atoms with Crippen molar-refractivity contribution in [2.75, 3.05) is 26.0 Å². The van der Waals surface area contributed by atoms with Crippen molar-refractivity contribution in [3.05, 3.63) is 55.9 Å². The lowest BCUT2D eigenvalue weighted by molar-refractivity contribution is -0.111. The summed E-state index contributed by atoms with van der Waals surface area (Å²) in [5.41, 5.74) is 1.33. The zero-order chi connectivity index (χ0) is 21.7. The number of carbonyl (C=O) groups excluding carboxylic acids is 3. The topological polar surface area (TPSA) is 75.7 Å². The fourth-order valence-corrected chi connectivity index (χ4v) is 3.93. The van der Waals surface area contributed by atoms with Gasteiger partial charge in [0, 0.05) is 20.2 Å². The number of nitrogens with one attached hydrogen (secondary N) is 1. The highest BCUT2D eigenvalue weighted by atomic mass is 35.5. The first-order valence-electron chi connectivity index (χ1n) is 8.62. The van der Waals surface area contributed by atoms with Gasteiger partial charge in [0.15, 0.2) is 0 Å². The van der Waals surface area contributed by atoms with Crippen LogP contribution in [0.1, 0.15) is 38.1 Å². The second-order valence-electron chi connectivity index (χ2n) is 6.18. The highest BCUT2D eigenvalue weighted by molar-refractivity contribution is 7.18. The molecule has 0 spiro atoms. The lowest BCUT2D eigenvalue weighted by Gasteiger charge is -2.09. The molecular formula is C20H20Cl2N2O4S. The molecule has 0 aliphatic carbocycles. The van der Waals surface area contributed by atoms with E-state index in [2.05, 4.69) is 5.32 Å². The highest BCUT2D eigenvalue weighted by Gasteiger charge is 2.27. The van der Waals surface area contributed by atoms with Gasteiger partial charge in [0.2, 0.25) is 5.91 Å². The number of ether oxygens (including phenoxy) is 1. The van der Waals surface area contributed by atoms with Crippen LogP contribution in [0, 0.1) is 6.92 Å². The smallest absolute Gasteiger partial charge is 0.341 e. The molecule has 0 radical (unpaired) electrons. The van der Waals surface area contributed by atoms with E-state index in [0.717, 1.165) is 11.3 Å². The van der Waals surface area contributed by atoms with Gasteiger partial charge < -0.3 is 15.0 Å². The molecule has 0 saturated carbocycles. The molecule has 0 saturated heterocycles. The quantitative estimate of drug-likeness (QED) is 0.497. The minimum absolute atomic E-state index is 0.176. The number of thiophene rings is 1. The van der Waals surface area contributed by atoms with Crippen LogP contribution in [0.25, 0.3) is 6.08 Å². The third-order valence-electron chi connectivity index (χ3n) is 3.83. The van der Waals surface area contributed by atoms with Crippen LogP contribution in [0.2, 0.25) is 10.0 Å². The van der Waals surface area contributed by atoms with Crippen molar-refractivity contribution in [2.24, 2.45) is 0 Å². The van der Waals surface area contributed by atoms with Crippen molar-refractivity contribution in [1.29, 1.82) is 0 Å². The summed E-state index contributed by atoms with van der Waals surface area (Å²) in [5, 5.41) is 3.71. The predicted octanol–water partition coefficient (Wildman–Crippen LogP) is 4.89. The number of hydrogen-bond donors (Lipinski definition) is 1. The zero-order valence-corrected chi connectivity index (χ0v) is 18.7. The summed E-state index contributed by atoms with van der Waals surface area (Å²) < 4.78 is 5.08. The molecule has 0 aliphatic rings. The number of esters is 1. The third kappa shape index (κ3) is 5.59. The molecule has 9 heteroatoms. The van der Waals surface area contributed by atoms with Crippen molar-refractivity contribution in [1.82, 2.24) is 4.90 Å². The first kappa shape index (κ1) is 22.9. The molecule has 6 nitrogen and oxygen atoms in total. The molecule has 0 fully saturated rings. The summed E-state index contributed by atoms with van der Waals surface area (Å²) in [5.74, 6) is -1.32. The molecule has 2 aromatic rings. The van der Waals surface area contributed by atoms with Crippen molar-refractivity contribution in [3.63, 3.8) is 0 Å². The van der Waals surface area contributed by atoms with E-state index in [1.165, 1.54) is 11.0 Å². The molecule has 1 heterocycles. The van der Waals surface area contributed by atoms with Gasteiger partial charge in [0.05, 0.1) is 27.1 Å². The number of benzene rings is 1. The van der Waals surface area contributed by atoms with Gasteiger partial charge >= 0.3 is 5.97 Å². The fraction of sp³-hybridized carbons (Fsp3) is 0.250. The summed E-state index contributed by atoms with van der Waals surface area (Å²) in [6, 6.07) is 4.97. The Balaban J connectivity index is 2.32. The molecule has 1 aromatic heterocycles. The molecule has 2 amide bonds. The molecule has 0 atom stereocenters. The monoisotopic (exact) mass is 454 g/mol. The summed E-state index contributed by atoms with van der Waals surface area (Å²) in [6.07, 6.45) is 2.87. The fourth-order valence-electron chi connectivity index (χ4n) is 2.40. The number of amides is 2. The van der Waals surface area contributed by atoms with Gasteiger partial charge in [-0.3, -0.25) is 9.59 Å². The first-order chi connectivity index (χ1) is 13.6. The van der Waals surface area contributed by atoms with E-state index >= 15 is 0 Å². The number of rotatable bonds is 6. The summed E-state index contributed by atoms with van der Waals surface area (Å²) >= 11 is 12.9. The Morgan fingerprint density at radius 1 is 1.21 bits per heavy atom. The molecule has 0 unspecified atom stereocenters. The number of halogens is 2. The van der Waals surface area contributed by atoms with E-state index in [4.69, 9.17) is 27.9 Å². The van der Waals surface area contributed by atoms with Gasteiger partial charge in [0.1, 0.15) is 5.00 Å². The average molecular weight is 455 g/mol. The maximum atomic E-state index is 12.4. The van der Waals surface area contributed by atoms with Crippen LogP contribution in [-0.4, -0.2) is 43.4 Å². The second-order valence-corrected chi connectivity index (χ2v) is 8.01. The number of carbonyl (C=O) groups is 3. The zero-order valence-electron chi connectivity index (χ0n) is 16.3.